The van der Waals surface area contributed by atoms with Gasteiger partial charge in [0.1, 0.15) is 5.75 Å². The van der Waals surface area contributed by atoms with E-state index < -0.39 is 12.2 Å². The van der Waals surface area contributed by atoms with Crippen LogP contribution in [0.15, 0.2) is 18.2 Å². The summed E-state index contributed by atoms with van der Waals surface area (Å²) in [6, 6.07) is 6.32. The second-order valence-corrected chi connectivity index (χ2v) is 7.12. The maximum atomic E-state index is 10.1. The zero-order chi connectivity index (χ0) is 16.9. The molecule has 0 saturated heterocycles. The van der Waals surface area contributed by atoms with Gasteiger partial charge in [0, 0.05) is 0 Å². The molecule has 0 radical (unpaired) electrons. The third-order valence-electron chi connectivity index (χ3n) is 4.16. The zero-order valence-electron chi connectivity index (χ0n) is 14.9. The molecule has 0 fully saturated rings. The number of hydrogen-bond donors (Lipinski definition) is 2. The van der Waals surface area contributed by atoms with Gasteiger partial charge >= 0.3 is 0 Å². The molecule has 3 nitrogen and oxygen atoms in total. The third-order valence-corrected chi connectivity index (χ3v) is 4.16. The SMILES string of the molecule is CCOc1ccc(C(C)(C)C)cc1C(C)CC(O)C(O)CC. The molecule has 0 amide bonds. The van der Waals surface area contributed by atoms with Gasteiger partial charge in [0.2, 0.25) is 0 Å². The summed E-state index contributed by atoms with van der Waals surface area (Å²) in [7, 11) is 0. The molecular formula is C19H32O3. The molecule has 2 N–H and O–H groups in total. The van der Waals surface area contributed by atoms with Crippen molar-refractivity contribution in [1.82, 2.24) is 0 Å². The van der Waals surface area contributed by atoms with Gasteiger partial charge in [-0.25, -0.2) is 0 Å². The topological polar surface area (TPSA) is 49.7 Å². The van der Waals surface area contributed by atoms with Crippen LogP contribution in [-0.4, -0.2) is 29.0 Å². The standard InChI is InChI=1S/C19H32O3/c1-7-16(20)17(21)11-13(3)15-12-14(19(4,5)6)9-10-18(15)22-8-2/h9-10,12-13,16-17,20-21H,7-8,11H2,1-6H3. The quantitative estimate of drug-likeness (QED) is 0.800. The Labute approximate surface area is 135 Å². The van der Waals surface area contributed by atoms with Crippen molar-refractivity contribution in [2.24, 2.45) is 0 Å². The molecule has 0 spiro atoms. The third kappa shape index (κ3) is 4.99. The lowest BCUT2D eigenvalue weighted by Crippen LogP contribution is -2.26. The molecule has 0 heterocycles. The highest BCUT2D eigenvalue weighted by molar-refractivity contribution is 5.41. The number of ether oxygens (including phenoxy) is 1. The van der Waals surface area contributed by atoms with Crippen LogP contribution in [0.25, 0.3) is 0 Å². The molecule has 1 rings (SSSR count). The lowest BCUT2D eigenvalue weighted by atomic mass is 9.83. The molecule has 0 saturated carbocycles. The fraction of sp³-hybridized carbons (Fsp3) is 0.684. The molecule has 0 bridgehead atoms. The molecule has 0 aliphatic rings. The van der Waals surface area contributed by atoms with E-state index in [4.69, 9.17) is 4.74 Å². The smallest absolute Gasteiger partial charge is 0.122 e. The van der Waals surface area contributed by atoms with E-state index in [1.54, 1.807) is 0 Å². The molecule has 3 heteroatoms. The predicted octanol–water partition coefficient (Wildman–Crippen LogP) is 4.01. The van der Waals surface area contributed by atoms with Crippen LogP contribution in [0.1, 0.15) is 71.4 Å². The summed E-state index contributed by atoms with van der Waals surface area (Å²) in [5.74, 6) is 1.00. The zero-order valence-corrected chi connectivity index (χ0v) is 14.9. The van der Waals surface area contributed by atoms with E-state index in [-0.39, 0.29) is 11.3 Å². The molecular weight excluding hydrogens is 276 g/mol. The summed E-state index contributed by atoms with van der Waals surface area (Å²) >= 11 is 0. The van der Waals surface area contributed by atoms with Gasteiger partial charge in [-0.1, -0.05) is 46.8 Å². The van der Waals surface area contributed by atoms with Crippen LogP contribution in [0, 0.1) is 0 Å². The van der Waals surface area contributed by atoms with E-state index in [0.29, 0.717) is 19.4 Å². The van der Waals surface area contributed by atoms with Gasteiger partial charge in [-0.2, -0.15) is 0 Å². The Morgan fingerprint density at radius 2 is 1.73 bits per heavy atom. The summed E-state index contributed by atoms with van der Waals surface area (Å²) in [5, 5.41) is 19.9. The summed E-state index contributed by atoms with van der Waals surface area (Å²) in [6.45, 7) is 13.1. The van der Waals surface area contributed by atoms with Gasteiger partial charge in [0.05, 0.1) is 18.8 Å². The fourth-order valence-electron chi connectivity index (χ4n) is 2.61. The van der Waals surface area contributed by atoms with Gasteiger partial charge in [0.15, 0.2) is 0 Å². The van der Waals surface area contributed by atoms with Crippen molar-refractivity contribution in [2.45, 2.75) is 77.9 Å². The van der Waals surface area contributed by atoms with Crippen LogP contribution in [0.4, 0.5) is 0 Å². The Kier molecular flexibility index (Phi) is 6.89. The van der Waals surface area contributed by atoms with Crippen LogP contribution in [0.5, 0.6) is 5.75 Å². The van der Waals surface area contributed by atoms with Gasteiger partial charge in [-0.3, -0.25) is 0 Å². The minimum Gasteiger partial charge on any atom is -0.494 e. The average Bonchev–Trinajstić information content (AvgIpc) is 2.45. The lowest BCUT2D eigenvalue weighted by Gasteiger charge is -2.25. The Hall–Kier alpha value is -1.06. The molecule has 22 heavy (non-hydrogen) atoms. The molecule has 0 aliphatic carbocycles. The minimum atomic E-state index is -0.701. The highest BCUT2D eigenvalue weighted by Gasteiger charge is 2.23. The van der Waals surface area contributed by atoms with E-state index in [2.05, 4.69) is 39.8 Å². The summed E-state index contributed by atoms with van der Waals surface area (Å²) < 4.78 is 5.75. The van der Waals surface area contributed by atoms with E-state index in [9.17, 15) is 10.2 Å². The normalized spacial score (nSPS) is 16.2. The van der Waals surface area contributed by atoms with Gasteiger partial charge in [-0.05, 0) is 48.3 Å². The van der Waals surface area contributed by atoms with E-state index >= 15 is 0 Å². The van der Waals surface area contributed by atoms with Crippen molar-refractivity contribution in [2.75, 3.05) is 6.61 Å². The first-order valence-corrected chi connectivity index (χ1v) is 8.34. The number of hydrogen-bond acceptors (Lipinski definition) is 3. The maximum Gasteiger partial charge on any atom is 0.122 e. The highest BCUT2D eigenvalue weighted by Crippen LogP contribution is 2.34. The number of aliphatic hydroxyl groups is 2. The van der Waals surface area contributed by atoms with Crippen molar-refractivity contribution in [3.05, 3.63) is 29.3 Å². The second kappa shape index (κ2) is 7.98. The van der Waals surface area contributed by atoms with Crippen LogP contribution in [-0.2, 0) is 5.41 Å². The number of rotatable bonds is 7. The van der Waals surface area contributed by atoms with Gasteiger partial charge in [0.25, 0.3) is 0 Å². The highest BCUT2D eigenvalue weighted by atomic mass is 16.5. The molecule has 3 unspecified atom stereocenters. The molecule has 1 aromatic carbocycles. The van der Waals surface area contributed by atoms with Crippen LogP contribution >= 0.6 is 0 Å². The lowest BCUT2D eigenvalue weighted by molar-refractivity contribution is 0.00941. The average molecular weight is 308 g/mol. The van der Waals surface area contributed by atoms with Gasteiger partial charge < -0.3 is 14.9 Å². The Balaban J connectivity index is 3.07. The Morgan fingerprint density at radius 1 is 1.09 bits per heavy atom. The maximum absolute atomic E-state index is 10.1. The minimum absolute atomic E-state index is 0.0702. The van der Waals surface area contributed by atoms with E-state index in [1.165, 1.54) is 5.56 Å². The van der Waals surface area contributed by atoms with Crippen molar-refractivity contribution in [3.63, 3.8) is 0 Å². The monoisotopic (exact) mass is 308 g/mol. The Morgan fingerprint density at radius 3 is 2.23 bits per heavy atom. The second-order valence-electron chi connectivity index (χ2n) is 7.12. The van der Waals surface area contributed by atoms with Crippen molar-refractivity contribution in [3.8, 4) is 5.75 Å². The molecule has 0 aliphatic heterocycles. The molecule has 0 aromatic heterocycles. The summed E-state index contributed by atoms with van der Waals surface area (Å²) in [5.41, 5.74) is 2.43. The van der Waals surface area contributed by atoms with Crippen LogP contribution in [0.2, 0.25) is 0 Å². The first kappa shape index (κ1) is 19.0. The molecule has 126 valence electrons. The number of benzene rings is 1. The molecule has 3 atom stereocenters. The molecule has 1 aromatic rings. The largest absolute Gasteiger partial charge is 0.494 e. The summed E-state index contributed by atoms with van der Waals surface area (Å²) in [6.07, 6.45) is -0.270. The Bertz CT molecular complexity index is 462. The van der Waals surface area contributed by atoms with E-state index in [1.807, 2.05) is 19.9 Å². The van der Waals surface area contributed by atoms with Crippen LogP contribution < -0.4 is 4.74 Å². The first-order valence-electron chi connectivity index (χ1n) is 8.34. The van der Waals surface area contributed by atoms with Gasteiger partial charge in [-0.15, -0.1) is 0 Å². The van der Waals surface area contributed by atoms with E-state index in [0.717, 1.165) is 11.3 Å². The fourth-order valence-corrected chi connectivity index (χ4v) is 2.61. The van der Waals surface area contributed by atoms with Crippen molar-refractivity contribution in [1.29, 1.82) is 0 Å². The number of aliphatic hydroxyl groups excluding tert-OH is 2. The first-order chi connectivity index (χ1) is 10.2. The van der Waals surface area contributed by atoms with Crippen molar-refractivity contribution >= 4 is 0 Å². The van der Waals surface area contributed by atoms with Crippen molar-refractivity contribution < 1.29 is 14.9 Å². The predicted molar refractivity (Wildman–Crippen MR) is 91.6 cm³/mol. The summed E-state index contributed by atoms with van der Waals surface area (Å²) in [4.78, 5) is 0. The van der Waals surface area contributed by atoms with Crippen LogP contribution in [0.3, 0.4) is 0 Å².